The molecular weight excluding hydrogens is 259 g/mol. The Hall–Kier alpha value is -1.84. The van der Waals surface area contributed by atoms with Crippen LogP contribution in [0.5, 0.6) is 0 Å². The molecule has 0 unspecified atom stereocenters. The van der Waals surface area contributed by atoms with Gasteiger partial charge in [0, 0.05) is 6.42 Å². The number of hydrogen-bond acceptors (Lipinski definition) is 6. The van der Waals surface area contributed by atoms with Crippen molar-refractivity contribution in [3.8, 4) is 0 Å². The molecule has 1 aliphatic heterocycles. The summed E-state index contributed by atoms with van der Waals surface area (Å²) >= 11 is 0. The first kappa shape index (κ1) is 12.2. The lowest BCUT2D eigenvalue weighted by Crippen LogP contribution is -2.24. The quantitative estimate of drug-likeness (QED) is 0.597. The smallest absolute Gasteiger partial charge is 0.291 e. The fourth-order valence-electron chi connectivity index (χ4n) is 2.16. The number of aromatic amines is 1. The summed E-state index contributed by atoms with van der Waals surface area (Å²) in [7, 11) is 0. The van der Waals surface area contributed by atoms with Crippen LogP contribution in [0.1, 0.15) is 12.6 Å². The molecule has 0 radical (unpaired) electrons. The first-order chi connectivity index (χ1) is 9.10. The lowest BCUT2D eigenvalue weighted by atomic mass is 10.2. The van der Waals surface area contributed by atoms with E-state index in [1.807, 2.05) is 4.98 Å². The van der Waals surface area contributed by atoms with Gasteiger partial charge < -0.3 is 14.9 Å². The maximum atomic E-state index is 13.1. The fraction of sp³-hybridized carbons (Fsp3) is 0.500. The monoisotopic (exact) mass is 270 g/mol. The molecule has 0 spiro atoms. The predicted octanol–water partition coefficient (Wildman–Crippen LogP) is -1.10. The minimum absolute atomic E-state index is 0.00746. The normalized spacial score (nSPS) is 27.2. The average molecular weight is 270 g/mol. The highest BCUT2D eigenvalue weighted by molar-refractivity contribution is 5.68. The number of imidazole rings is 1. The third-order valence-corrected chi connectivity index (χ3v) is 3.10. The Balaban J connectivity index is 2.05. The van der Waals surface area contributed by atoms with E-state index in [2.05, 4.69) is 9.97 Å². The first-order valence-electron chi connectivity index (χ1n) is 5.67. The van der Waals surface area contributed by atoms with Crippen LogP contribution < -0.4 is 5.56 Å². The zero-order valence-corrected chi connectivity index (χ0v) is 9.65. The number of ether oxygens (including phenoxy) is 1. The van der Waals surface area contributed by atoms with Gasteiger partial charge in [0.1, 0.15) is 12.3 Å². The van der Waals surface area contributed by atoms with Crippen molar-refractivity contribution in [2.24, 2.45) is 0 Å². The molecule has 0 amide bonds. The largest absolute Gasteiger partial charge is 0.394 e. The molecule has 102 valence electrons. The number of aromatic nitrogens is 4. The number of fused-ring (bicyclic) bond motifs is 1. The molecule has 2 aromatic heterocycles. The van der Waals surface area contributed by atoms with Crippen LogP contribution in [0, 0.1) is 6.08 Å². The van der Waals surface area contributed by atoms with E-state index >= 15 is 0 Å². The van der Waals surface area contributed by atoms with E-state index in [1.165, 1.54) is 10.9 Å². The number of rotatable bonds is 2. The molecule has 19 heavy (non-hydrogen) atoms. The number of nitrogens with one attached hydrogen (secondary N) is 1. The van der Waals surface area contributed by atoms with Crippen LogP contribution in [0.3, 0.4) is 0 Å². The van der Waals surface area contributed by atoms with Crippen molar-refractivity contribution < 1.29 is 19.3 Å². The van der Waals surface area contributed by atoms with Gasteiger partial charge in [-0.1, -0.05) is 0 Å². The maximum absolute atomic E-state index is 13.1. The van der Waals surface area contributed by atoms with Gasteiger partial charge in [-0.05, 0) is 0 Å². The van der Waals surface area contributed by atoms with Crippen molar-refractivity contribution in [3.05, 3.63) is 22.8 Å². The van der Waals surface area contributed by atoms with Gasteiger partial charge in [0.05, 0.1) is 19.0 Å². The molecule has 8 nitrogen and oxygen atoms in total. The van der Waals surface area contributed by atoms with Crippen molar-refractivity contribution in [1.29, 1.82) is 0 Å². The molecule has 3 atom stereocenters. The van der Waals surface area contributed by atoms with E-state index in [-0.39, 0.29) is 24.2 Å². The van der Waals surface area contributed by atoms with Crippen LogP contribution in [0.4, 0.5) is 4.39 Å². The summed E-state index contributed by atoms with van der Waals surface area (Å²) in [4.78, 5) is 20.8. The highest BCUT2D eigenvalue weighted by atomic mass is 19.1. The molecule has 1 aliphatic rings. The molecule has 3 N–H and O–H groups in total. The molecule has 0 aromatic carbocycles. The molecular formula is C10H11FN4O4. The van der Waals surface area contributed by atoms with Crippen molar-refractivity contribution in [1.82, 2.24) is 19.5 Å². The predicted molar refractivity (Wildman–Crippen MR) is 59.7 cm³/mol. The number of nitrogens with zero attached hydrogens (tertiary/aromatic N) is 3. The molecule has 0 aliphatic carbocycles. The highest BCUT2D eigenvalue weighted by Gasteiger charge is 2.35. The zero-order chi connectivity index (χ0) is 13.6. The Morgan fingerprint density at radius 2 is 2.42 bits per heavy atom. The third-order valence-electron chi connectivity index (χ3n) is 3.10. The standard InChI is InChI=1S/C10H11FN4O4/c11-10-13-8-7(9(18)14-10)12-3-15(8)6-1-4(17)5(2-16)19-6/h3-6,16-17H,1-2H2,(H,13,14,18)/t4-,5+,6+/m1/s1. The van der Waals surface area contributed by atoms with E-state index < -0.39 is 30.1 Å². The zero-order valence-electron chi connectivity index (χ0n) is 9.65. The molecule has 0 bridgehead atoms. The Morgan fingerprint density at radius 1 is 1.63 bits per heavy atom. The van der Waals surface area contributed by atoms with Crippen LogP contribution in [0.2, 0.25) is 0 Å². The summed E-state index contributed by atoms with van der Waals surface area (Å²) in [5.74, 6) is 0. The number of H-pyrrole nitrogens is 1. The Labute approximate surface area is 105 Å². The van der Waals surface area contributed by atoms with Crippen molar-refractivity contribution in [3.63, 3.8) is 0 Å². The van der Waals surface area contributed by atoms with E-state index in [1.54, 1.807) is 0 Å². The minimum atomic E-state index is -1.02. The van der Waals surface area contributed by atoms with Gasteiger partial charge in [-0.3, -0.25) is 14.3 Å². The maximum Gasteiger partial charge on any atom is 0.291 e. The summed E-state index contributed by atoms with van der Waals surface area (Å²) in [6, 6.07) is 0. The highest BCUT2D eigenvalue weighted by Crippen LogP contribution is 2.29. The van der Waals surface area contributed by atoms with Gasteiger partial charge in [-0.15, -0.1) is 0 Å². The summed E-state index contributed by atoms with van der Waals surface area (Å²) in [5, 5.41) is 18.7. The number of halogens is 1. The molecule has 1 saturated heterocycles. The second-order valence-corrected chi connectivity index (χ2v) is 4.30. The lowest BCUT2D eigenvalue weighted by Gasteiger charge is -2.13. The summed E-state index contributed by atoms with van der Waals surface area (Å²) in [6.07, 6.45) is -1.72. The summed E-state index contributed by atoms with van der Waals surface area (Å²) in [6.45, 7) is -0.327. The van der Waals surface area contributed by atoms with Crippen LogP contribution in [-0.2, 0) is 4.74 Å². The summed E-state index contributed by atoms with van der Waals surface area (Å²) < 4.78 is 19.9. The van der Waals surface area contributed by atoms with Gasteiger partial charge in [-0.25, -0.2) is 4.98 Å². The van der Waals surface area contributed by atoms with E-state index in [4.69, 9.17) is 9.84 Å². The lowest BCUT2D eigenvalue weighted by molar-refractivity contribution is -0.0432. The molecule has 0 saturated carbocycles. The van der Waals surface area contributed by atoms with Crippen LogP contribution in [-0.4, -0.2) is 48.5 Å². The van der Waals surface area contributed by atoms with Gasteiger partial charge in [0.25, 0.3) is 11.6 Å². The van der Waals surface area contributed by atoms with Crippen molar-refractivity contribution >= 4 is 11.2 Å². The van der Waals surface area contributed by atoms with Gasteiger partial charge in [-0.2, -0.15) is 9.37 Å². The van der Waals surface area contributed by atoms with E-state index in [0.29, 0.717) is 0 Å². The molecule has 3 heterocycles. The van der Waals surface area contributed by atoms with Crippen molar-refractivity contribution in [2.75, 3.05) is 6.61 Å². The Bertz CT molecular complexity index is 669. The van der Waals surface area contributed by atoms with E-state index in [0.717, 1.165) is 0 Å². The average Bonchev–Trinajstić information content (AvgIpc) is 2.92. The second-order valence-electron chi connectivity index (χ2n) is 4.30. The van der Waals surface area contributed by atoms with Crippen LogP contribution in [0.15, 0.2) is 11.1 Å². The van der Waals surface area contributed by atoms with Crippen LogP contribution >= 0.6 is 0 Å². The molecule has 2 aromatic rings. The molecule has 3 rings (SSSR count). The topological polar surface area (TPSA) is 113 Å². The van der Waals surface area contributed by atoms with Gasteiger partial charge in [0.2, 0.25) is 0 Å². The third kappa shape index (κ3) is 1.91. The van der Waals surface area contributed by atoms with Crippen molar-refractivity contribution in [2.45, 2.75) is 24.9 Å². The second kappa shape index (κ2) is 4.37. The first-order valence-corrected chi connectivity index (χ1v) is 5.67. The van der Waals surface area contributed by atoms with E-state index in [9.17, 15) is 14.3 Å². The summed E-state index contributed by atoms with van der Waals surface area (Å²) in [5.41, 5.74) is -0.650. The number of hydrogen-bond donors (Lipinski definition) is 3. The Morgan fingerprint density at radius 3 is 3.11 bits per heavy atom. The van der Waals surface area contributed by atoms with Gasteiger partial charge in [0.15, 0.2) is 11.2 Å². The SMILES string of the molecule is O=c1[nH]c(F)nc2c1ncn2[C@@H]1C[C@@H](O)[C@H](CO)O1. The number of aliphatic hydroxyl groups excluding tert-OH is 2. The van der Waals surface area contributed by atoms with Gasteiger partial charge >= 0.3 is 0 Å². The fourth-order valence-corrected chi connectivity index (χ4v) is 2.16. The van der Waals surface area contributed by atoms with Crippen LogP contribution in [0.25, 0.3) is 11.2 Å². The number of aliphatic hydroxyl groups is 2. The minimum Gasteiger partial charge on any atom is -0.394 e. The molecule has 1 fully saturated rings. The molecule has 9 heteroatoms. The Kier molecular flexibility index (Phi) is 2.81.